The molecule has 24 heavy (non-hydrogen) atoms. The number of benzene rings is 1. The van der Waals surface area contributed by atoms with E-state index in [2.05, 4.69) is 20.7 Å². The minimum Gasteiger partial charge on any atom is -0.383 e. The Morgan fingerprint density at radius 1 is 1.42 bits per heavy atom. The van der Waals surface area contributed by atoms with Crippen LogP contribution in [-0.2, 0) is 10.9 Å². The maximum Gasteiger partial charge on any atom is 0.418 e. The first-order valence-electron chi connectivity index (χ1n) is 6.94. The molecular weight excluding hydrogens is 327 g/mol. The van der Waals surface area contributed by atoms with Crippen molar-refractivity contribution in [2.45, 2.75) is 19.1 Å². The molecule has 7 nitrogen and oxygen atoms in total. The largest absolute Gasteiger partial charge is 0.418 e. The number of nitrogens with one attached hydrogen (secondary N) is 2. The molecule has 2 rings (SSSR count). The van der Waals surface area contributed by atoms with Crippen LogP contribution in [-0.4, -0.2) is 40.6 Å². The summed E-state index contributed by atoms with van der Waals surface area (Å²) in [4.78, 5) is 15.4. The van der Waals surface area contributed by atoms with Crippen LogP contribution in [0.3, 0.4) is 0 Å². The van der Waals surface area contributed by atoms with Gasteiger partial charge in [0.15, 0.2) is 0 Å². The average Bonchev–Trinajstić information content (AvgIpc) is 3.00. The van der Waals surface area contributed by atoms with Crippen LogP contribution in [0.1, 0.15) is 12.5 Å². The highest BCUT2D eigenvalue weighted by Crippen LogP contribution is 2.35. The summed E-state index contributed by atoms with van der Waals surface area (Å²) in [5, 5.41) is 8.61. The molecule has 2 aromatic rings. The van der Waals surface area contributed by atoms with Crippen LogP contribution in [0.5, 0.6) is 0 Å². The summed E-state index contributed by atoms with van der Waals surface area (Å²) in [6.45, 7) is 1.99. The third kappa shape index (κ3) is 4.44. The number of aromatic nitrogens is 3. The molecule has 10 heteroatoms. The van der Waals surface area contributed by atoms with Gasteiger partial charge in [-0.25, -0.2) is 14.5 Å². The Balaban J connectivity index is 2.22. The molecule has 1 aromatic carbocycles. The third-order valence-corrected chi connectivity index (χ3v) is 3.02. The van der Waals surface area contributed by atoms with Crippen molar-refractivity contribution in [3.8, 4) is 5.69 Å². The molecular formula is C14H16F3N5O2. The Hall–Kier alpha value is -2.62. The Morgan fingerprint density at radius 3 is 2.75 bits per heavy atom. The van der Waals surface area contributed by atoms with Gasteiger partial charge in [-0.3, -0.25) is 0 Å². The van der Waals surface area contributed by atoms with Crippen LogP contribution < -0.4 is 10.6 Å². The fraction of sp³-hybridized carbons (Fsp3) is 0.357. The normalized spacial score (nSPS) is 12.7. The molecule has 0 saturated carbocycles. The number of urea groups is 1. The van der Waals surface area contributed by atoms with E-state index in [1.54, 1.807) is 6.92 Å². The van der Waals surface area contributed by atoms with Crippen LogP contribution >= 0.6 is 0 Å². The zero-order chi connectivity index (χ0) is 17.7. The number of halogens is 3. The summed E-state index contributed by atoms with van der Waals surface area (Å²) >= 11 is 0. The van der Waals surface area contributed by atoms with Gasteiger partial charge in [0.2, 0.25) is 0 Å². The quantitative estimate of drug-likeness (QED) is 0.874. The monoisotopic (exact) mass is 343 g/mol. The van der Waals surface area contributed by atoms with Crippen molar-refractivity contribution in [1.82, 2.24) is 20.1 Å². The maximum absolute atomic E-state index is 13.3. The van der Waals surface area contributed by atoms with Gasteiger partial charge in [0.25, 0.3) is 0 Å². The van der Waals surface area contributed by atoms with Crippen molar-refractivity contribution in [3.05, 3.63) is 36.4 Å². The molecule has 0 aliphatic heterocycles. The smallest absolute Gasteiger partial charge is 0.383 e. The Morgan fingerprint density at radius 2 is 2.17 bits per heavy atom. The minimum atomic E-state index is -4.61. The van der Waals surface area contributed by atoms with Gasteiger partial charge in [-0.2, -0.15) is 18.3 Å². The summed E-state index contributed by atoms with van der Waals surface area (Å²) < 4.78 is 45.7. The first kappa shape index (κ1) is 17.7. The van der Waals surface area contributed by atoms with E-state index in [0.29, 0.717) is 0 Å². The molecule has 0 bridgehead atoms. The Bertz CT molecular complexity index is 688. The summed E-state index contributed by atoms with van der Waals surface area (Å²) in [5.74, 6) is 0. The Kier molecular flexibility index (Phi) is 5.39. The van der Waals surface area contributed by atoms with Crippen molar-refractivity contribution in [2.75, 3.05) is 19.0 Å². The lowest BCUT2D eigenvalue weighted by atomic mass is 10.1. The second-order valence-corrected chi connectivity index (χ2v) is 5.02. The molecule has 0 saturated heterocycles. The van der Waals surface area contributed by atoms with Crippen LogP contribution in [0, 0.1) is 0 Å². The maximum atomic E-state index is 13.3. The number of alkyl halides is 3. The van der Waals surface area contributed by atoms with Crippen LogP contribution in [0.2, 0.25) is 0 Å². The van der Waals surface area contributed by atoms with Gasteiger partial charge >= 0.3 is 12.2 Å². The summed E-state index contributed by atoms with van der Waals surface area (Å²) in [6, 6.07) is 2.50. The van der Waals surface area contributed by atoms with E-state index in [1.807, 2.05) is 0 Å². The molecule has 2 N–H and O–H groups in total. The SMILES string of the molecule is COC[C@H](C)NC(=O)Nc1ccc(-n2cncn2)c(C(F)(F)F)c1. The number of rotatable bonds is 5. The lowest BCUT2D eigenvalue weighted by molar-refractivity contribution is -0.137. The number of hydrogen-bond donors (Lipinski definition) is 2. The van der Waals surface area contributed by atoms with Crippen molar-refractivity contribution >= 4 is 11.7 Å². The molecule has 130 valence electrons. The predicted molar refractivity (Wildman–Crippen MR) is 79.9 cm³/mol. The molecule has 0 aliphatic rings. The molecule has 2 amide bonds. The van der Waals surface area contributed by atoms with E-state index in [4.69, 9.17) is 4.74 Å². The zero-order valence-corrected chi connectivity index (χ0v) is 13.0. The van der Waals surface area contributed by atoms with Gasteiger partial charge in [0, 0.05) is 12.8 Å². The summed E-state index contributed by atoms with van der Waals surface area (Å²) in [5.41, 5.74) is -1.11. The van der Waals surface area contributed by atoms with Crippen molar-refractivity contribution < 1.29 is 22.7 Å². The van der Waals surface area contributed by atoms with Crippen LogP contribution in [0.25, 0.3) is 5.69 Å². The van der Waals surface area contributed by atoms with Crippen LogP contribution in [0.4, 0.5) is 23.7 Å². The van der Waals surface area contributed by atoms with Crippen molar-refractivity contribution in [2.24, 2.45) is 0 Å². The summed E-state index contributed by atoms with van der Waals surface area (Å²) in [7, 11) is 1.48. The first-order valence-corrected chi connectivity index (χ1v) is 6.94. The second-order valence-electron chi connectivity index (χ2n) is 5.02. The highest BCUT2D eigenvalue weighted by Gasteiger charge is 2.34. The first-order chi connectivity index (χ1) is 11.3. The number of ether oxygens (including phenoxy) is 1. The molecule has 1 aromatic heterocycles. The van der Waals surface area contributed by atoms with Crippen LogP contribution in [0.15, 0.2) is 30.9 Å². The fourth-order valence-electron chi connectivity index (χ4n) is 2.06. The second kappa shape index (κ2) is 7.30. The van der Waals surface area contributed by atoms with E-state index in [-0.39, 0.29) is 24.0 Å². The number of amides is 2. The predicted octanol–water partition coefficient (Wildman–Crippen LogP) is 2.44. The number of hydrogen-bond acceptors (Lipinski definition) is 4. The molecule has 1 heterocycles. The highest BCUT2D eigenvalue weighted by molar-refractivity contribution is 5.89. The molecule has 0 aliphatic carbocycles. The van der Waals surface area contributed by atoms with Gasteiger partial charge in [0.05, 0.1) is 23.9 Å². The molecule has 0 spiro atoms. The van der Waals surface area contributed by atoms with Gasteiger partial charge < -0.3 is 15.4 Å². The molecule has 1 atom stereocenters. The van der Waals surface area contributed by atoms with E-state index >= 15 is 0 Å². The number of nitrogens with zero attached hydrogens (tertiary/aromatic N) is 3. The standard InChI is InChI=1S/C14H16F3N5O2/c1-9(6-24-2)20-13(23)21-10-3-4-12(22-8-18-7-19-22)11(5-10)14(15,16)17/h3-5,7-9H,6H2,1-2H3,(H2,20,21,23)/t9-/m0/s1. The number of carbonyl (C=O) groups excluding carboxylic acids is 1. The minimum absolute atomic E-state index is 0.00769. The topological polar surface area (TPSA) is 81.1 Å². The van der Waals surface area contributed by atoms with E-state index < -0.39 is 17.8 Å². The van der Waals surface area contributed by atoms with E-state index in [0.717, 1.165) is 23.4 Å². The van der Waals surface area contributed by atoms with E-state index in [1.165, 1.54) is 19.2 Å². The van der Waals surface area contributed by atoms with Gasteiger partial charge in [0.1, 0.15) is 12.7 Å². The summed E-state index contributed by atoms with van der Waals surface area (Å²) in [6.07, 6.45) is -2.31. The molecule has 0 radical (unpaired) electrons. The molecule has 0 fully saturated rings. The van der Waals surface area contributed by atoms with Crippen molar-refractivity contribution in [3.63, 3.8) is 0 Å². The van der Waals surface area contributed by atoms with Gasteiger partial charge in [-0.05, 0) is 25.1 Å². The molecule has 0 unspecified atom stereocenters. The lowest BCUT2D eigenvalue weighted by Gasteiger charge is -2.16. The van der Waals surface area contributed by atoms with Gasteiger partial charge in [-0.1, -0.05) is 0 Å². The highest BCUT2D eigenvalue weighted by atomic mass is 19.4. The number of carbonyl (C=O) groups is 1. The van der Waals surface area contributed by atoms with Gasteiger partial charge in [-0.15, -0.1) is 0 Å². The average molecular weight is 343 g/mol. The van der Waals surface area contributed by atoms with E-state index in [9.17, 15) is 18.0 Å². The number of methoxy groups -OCH3 is 1. The lowest BCUT2D eigenvalue weighted by Crippen LogP contribution is -2.38. The number of anilines is 1. The zero-order valence-electron chi connectivity index (χ0n) is 13.0. The third-order valence-electron chi connectivity index (χ3n) is 3.02. The van der Waals surface area contributed by atoms with Crippen molar-refractivity contribution in [1.29, 1.82) is 0 Å². The fourth-order valence-corrected chi connectivity index (χ4v) is 2.06. The Labute approximate surface area is 135 Å².